The Morgan fingerprint density at radius 2 is 1.81 bits per heavy atom. The monoisotopic (exact) mass is 743 g/mol. The molecule has 2 fully saturated rings. The number of rotatable bonds is 15. The smallest absolute Gasteiger partial charge is 0.224 e. The fourth-order valence-corrected chi connectivity index (χ4v) is 7.27. The zero-order chi connectivity index (χ0) is 38.8. The van der Waals surface area contributed by atoms with Crippen LogP contribution in [0.4, 0.5) is 17.2 Å². The summed E-state index contributed by atoms with van der Waals surface area (Å²) in [5.41, 5.74) is 10.3. The Kier molecular flexibility index (Phi) is 11.7. The summed E-state index contributed by atoms with van der Waals surface area (Å²) >= 11 is 0. The quantitative estimate of drug-likeness (QED) is 0.0865. The normalized spacial score (nSPS) is 20.8. The molecule has 0 radical (unpaired) electrons. The molecule has 2 aliphatic rings. The Labute approximate surface area is 318 Å². The third-order valence-corrected chi connectivity index (χ3v) is 10.3. The van der Waals surface area contributed by atoms with E-state index in [1.54, 1.807) is 20.5 Å². The van der Waals surface area contributed by atoms with Crippen LogP contribution in [0.2, 0.25) is 0 Å². The van der Waals surface area contributed by atoms with Gasteiger partial charge >= 0.3 is 0 Å². The van der Waals surface area contributed by atoms with E-state index in [1.807, 2.05) is 67.1 Å². The minimum atomic E-state index is -0.760. The second kappa shape index (κ2) is 16.1. The van der Waals surface area contributed by atoms with E-state index < -0.39 is 12.0 Å². The molecule has 13 nitrogen and oxygen atoms in total. The predicted octanol–water partition coefficient (Wildman–Crippen LogP) is 6.88. The molecule has 4 aromatic rings. The molecule has 4 N–H and O–H groups in total. The lowest BCUT2D eigenvalue weighted by Crippen LogP contribution is -2.43. The summed E-state index contributed by atoms with van der Waals surface area (Å²) in [6.07, 6.45) is 4.26. The highest BCUT2D eigenvalue weighted by molar-refractivity contribution is 5.94. The maximum absolute atomic E-state index is 12.8. The maximum Gasteiger partial charge on any atom is 0.224 e. The molecule has 0 saturated carbocycles. The average Bonchev–Trinajstić information content (AvgIpc) is 3.79. The first kappa shape index (κ1) is 39.3. The van der Waals surface area contributed by atoms with E-state index in [2.05, 4.69) is 60.1 Å². The van der Waals surface area contributed by atoms with Crippen molar-refractivity contribution in [2.45, 2.75) is 116 Å². The van der Waals surface area contributed by atoms with Crippen molar-refractivity contribution in [2.75, 3.05) is 43.7 Å². The molecule has 292 valence electrons. The number of unbranched alkanes of at least 4 members (excludes halogenated alkanes) is 1. The van der Waals surface area contributed by atoms with E-state index in [4.69, 9.17) is 29.4 Å². The van der Waals surface area contributed by atoms with E-state index in [-0.39, 0.29) is 35.7 Å². The van der Waals surface area contributed by atoms with Crippen molar-refractivity contribution in [3.63, 3.8) is 0 Å². The van der Waals surface area contributed by atoms with Gasteiger partial charge in [0.1, 0.15) is 47.6 Å². The first-order valence-electron chi connectivity index (χ1n) is 18.9. The molecule has 2 saturated heterocycles. The van der Waals surface area contributed by atoms with Crippen LogP contribution in [0.5, 0.6) is 11.5 Å². The molecule has 0 spiro atoms. The number of methoxy groups -OCH3 is 2. The second-order valence-corrected chi connectivity index (χ2v) is 16.0. The number of benzene rings is 2. The molecule has 54 heavy (non-hydrogen) atoms. The van der Waals surface area contributed by atoms with Crippen molar-refractivity contribution in [3.8, 4) is 11.5 Å². The van der Waals surface area contributed by atoms with Crippen LogP contribution < -0.4 is 25.8 Å². The van der Waals surface area contributed by atoms with Crippen LogP contribution >= 0.6 is 0 Å². The van der Waals surface area contributed by atoms with Gasteiger partial charge in [-0.1, -0.05) is 26.8 Å². The van der Waals surface area contributed by atoms with Crippen molar-refractivity contribution in [1.82, 2.24) is 19.4 Å². The number of anilines is 3. The van der Waals surface area contributed by atoms with Gasteiger partial charge in [0.05, 0.1) is 31.0 Å². The van der Waals surface area contributed by atoms with E-state index in [0.29, 0.717) is 36.7 Å². The Hall–Kier alpha value is -4.43. The number of ether oxygens (including phenoxy) is 5. The Bertz CT molecular complexity index is 1920. The summed E-state index contributed by atoms with van der Waals surface area (Å²) in [5, 5.41) is 7.32. The van der Waals surface area contributed by atoms with Gasteiger partial charge in [-0.15, -0.1) is 0 Å². The van der Waals surface area contributed by atoms with Gasteiger partial charge in [0, 0.05) is 43.4 Å². The standard InChI is InChI=1S/C41H57N7O6/c1-25(2)47(18-11-10-12-34(49)46-31-16-14-27(20-30(31)42)40(3,4)5)23-33-35-36(54-41(6,7)53-35)39(52-33)48-19-17-29-37(44-24-45-38(29)48)43-22-26-13-15-28(50-8)21-32(26)51-9/h13-17,19-21,24-25,33,35-36,39H,10-12,18,22-23,42H2,1-9H3,(H,46,49)(H,43,44,45)/t33-,35-,36-,39-/m1/s1. The number of nitrogen functional groups attached to an aromatic ring is 1. The Morgan fingerprint density at radius 3 is 2.52 bits per heavy atom. The molecule has 13 heteroatoms. The van der Waals surface area contributed by atoms with Crippen molar-refractivity contribution in [1.29, 1.82) is 0 Å². The van der Waals surface area contributed by atoms with Gasteiger partial charge in [0.25, 0.3) is 0 Å². The van der Waals surface area contributed by atoms with Gasteiger partial charge in [0.2, 0.25) is 5.91 Å². The first-order valence-corrected chi connectivity index (χ1v) is 18.9. The number of fused-ring (bicyclic) bond motifs is 2. The Balaban J connectivity index is 1.09. The van der Waals surface area contributed by atoms with Gasteiger partial charge in [-0.2, -0.15) is 0 Å². The maximum atomic E-state index is 12.8. The van der Waals surface area contributed by atoms with Crippen molar-refractivity contribution >= 4 is 34.1 Å². The number of nitrogens with zero attached hydrogens (tertiary/aromatic N) is 4. The van der Waals surface area contributed by atoms with Crippen LogP contribution in [0, 0.1) is 0 Å². The van der Waals surface area contributed by atoms with Gasteiger partial charge in [-0.3, -0.25) is 9.69 Å². The SMILES string of the molecule is COc1ccc(CNc2ncnc3c2ccn3[C@@H]2O[C@H](CN(CCCCC(=O)Nc3ccc(C(C)(C)C)cc3N)C(C)C)[C@H]3OC(C)(C)O[C@H]32)c(OC)c1. The minimum Gasteiger partial charge on any atom is -0.497 e. The van der Waals surface area contributed by atoms with Crippen molar-refractivity contribution < 1.29 is 28.5 Å². The largest absolute Gasteiger partial charge is 0.497 e. The van der Waals surface area contributed by atoms with Crippen molar-refractivity contribution in [3.05, 3.63) is 66.1 Å². The van der Waals surface area contributed by atoms with Gasteiger partial charge in [-0.05, 0) is 88.4 Å². The highest BCUT2D eigenvalue weighted by atomic mass is 16.8. The molecule has 2 aromatic carbocycles. The van der Waals surface area contributed by atoms with E-state index >= 15 is 0 Å². The van der Waals surface area contributed by atoms with Gasteiger partial charge in [0.15, 0.2) is 12.0 Å². The number of aromatic nitrogens is 3. The van der Waals surface area contributed by atoms with Crippen LogP contribution in [0.3, 0.4) is 0 Å². The van der Waals surface area contributed by atoms with Crippen molar-refractivity contribution in [2.24, 2.45) is 0 Å². The van der Waals surface area contributed by atoms with Gasteiger partial charge < -0.3 is 44.6 Å². The molecule has 1 amide bonds. The number of hydrogen-bond donors (Lipinski definition) is 3. The number of nitrogens with two attached hydrogens (primary N) is 1. The number of carbonyl (C=O) groups is 1. The third kappa shape index (κ3) is 8.75. The molecule has 4 atom stereocenters. The van der Waals surface area contributed by atoms with E-state index in [9.17, 15) is 4.79 Å². The minimum absolute atomic E-state index is 0.0141. The van der Waals surface area contributed by atoms with Crippen LogP contribution in [-0.2, 0) is 31.0 Å². The second-order valence-electron chi connectivity index (χ2n) is 16.0. The predicted molar refractivity (Wildman–Crippen MR) is 211 cm³/mol. The molecule has 0 aliphatic carbocycles. The molecule has 6 rings (SSSR count). The van der Waals surface area contributed by atoms with Crippen LogP contribution in [0.25, 0.3) is 11.0 Å². The summed E-state index contributed by atoms with van der Waals surface area (Å²) in [7, 11) is 3.28. The number of hydrogen-bond acceptors (Lipinski definition) is 11. The van der Waals surface area contributed by atoms with E-state index in [0.717, 1.165) is 53.0 Å². The van der Waals surface area contributed by atoms with Crippen LogP contribution in [0.15, 0.2) is 55.0 Å². The lowest BCUT2D eigenvalue weighted by molar-refractivity contribution is -0.198. The highest BCUT2D eigenvalue weighted by Crippen LogP contribution is 2.44. The number of carbonyl (C=O) groups excluding carboxylic acids is 1. The lowest BCUT2D eigenvalue weighted by Gasteiger charge is -2.31. The molecule has 2 aromatic heterocycles. The number of amides is 1. The summed E-state index contributed by atoms with van der Waals surface area (Å²) in [6, 6.07) is 13.9. The summed E-state index contributed by atoms with van der Waals surface area (Å²) < 4.78 is 32.8. The lowest BCUT2D eigenvalue weighted by atomic mass is 9.86. The highest BCUT2D eigenvalue weighted by Gasteiger charge is 2.56. The Morgan fingerprint density at radius 1 is 1.04 bits per heavy atom. The fraction of sp³-hybridized carbons (Fsp3) is 0.537. The fourth-order valence-electron chi connectivity index (χ4n) is 7.27. The third-order valence-electron chi connectivity index (χ3n) is 10.3. The summed E-state index contributed by atoms with van der Waals surface area (Å²) in [5.74, 6) is 1.36. The topological polar surface area (TPSA) is 147 Å². The molecule has 2 aliphatic heterocycles. The summed E-state index contributed by atoms with van der Waals surface area (Å²) in [4.78, 5) is 24.5. The molecular weight excluding hydrogens is 686 g/mol. The zero-order valence-electron chi connectivity index (χ0n) is 33.1. The molecule has 4 heterocycles. The van der Waals surface area contributed by atoms with E-state index in [1.165, 1.54) is 0 Å². The molecular formula is C41H57N7O6. The molecule has 0 bridgehead atoms. The molecule has 0 unspecified atom stereocenters. The average molecular weight is 744 g/mol. The summed E-state index contributed by atoms with van der Waals surface area (Å²) in [6.45, 7) is 16.7. The van der Waals surface area contributed by atoms with Crippen LogP contribution in [0.1, 0.15) is 85.1 Å². The first-order chi connectivity index (χ1) is 25.7. The number of nitrogens with one attached hydrogen (secondary N) is 2. The van der Waals surface area contributed by atoms with Gasteiger partial charge in [-0.25, -0.2) is 9.97 Å². The zero-order valence-corrected chi connectivity index (χ0v) is 33.1. The van der Waals surface area contributed by atoms with Crippen LogP contribution in [-0.4, -0.2) is 82.8 Å².